The number of nitrogens with zero attached hydrogens (tertiary/aromatic N) is 7. The number of carbonyl (C=O) groups excluding carboxylic acids is 3. The van der Waals surface area contributed by atoms with Gasteiger partial charge >= 0.3 is 18.2 Å². The Balaban J connectivity index is 0.000000189. The quantitative estimate of drug-likeness (QED) is 0.0399. The molecule has 0 unspecified atom stereocenters. The van der Waals surface area contributed by atoms with Crippen molar-refractivity contribution >= 4 is 72.6 Å². The number of anilines is 2. The molecular weight excluding hydrogens is 1090 g/mol. The smallest absolute Gasteiger partial charge is 0.410 e. The zero-order valence-electron chi connectivity index (χ0n) is 45.4. The van der Waals surface area contributed by atoms with E-state index in [0.717, 1.165) is 79.7 Å². The van der Waals surface area contributed by atoms with Gasteiger partial charge in [-0.1, -0.05) is 30.3 Å². The lowest BCUT2D eigenvalue weighted by Gasteiger charge is -2.22. The topological polar surface area (TPSA) is 222 Å². The number of thiophene rings is 2. The van der Waals surface area contributed by atoms with E-state index < -0.39 is 17.7 Å². The molecule has 5 amide bonds. The summed E-state index contributed by atoms with van der Waals surface area (Å²) in [6.07, 6.45) is 10.2. The number of nitrogens with one attached hydrogen (secondary N) is 5. The molecular formula is C58H60F2N12O8S2. The minimum absolute atomic E-state index is 0.0187. The normalized spacial score (nSPS) is 12.9. The SMILES string of the molecule is COCCN(Cc1cnc(-c2cc3nccc(Oc4ccc(NC(=O)NC5CC5)cc4F)c3s2)n1C)C(=O)OCc1ccccc1.COCCNCc1cnc(-c2cc3nccc(Oc4ccc(NC(=O)NC5CC5)cc4F)c3s2)n1C. The molecule has 0 aliphatic heterocycles. The number of ether oxygens (including phenoxy) is 5. The van der Waals surface area contributed by atoms with Crippen LogP contribution in [-0.4, -0.2) is 105 Å². The maximum Gasteiger partial charge on any atom is 0.410 e. The highest BCUT2D eigenvalue weighted by atomic mass is 32.1. The van der Waals surface area contributed by atoms with Crippen LogP contribution in [0.15, 0.2) is 116 Å². The molecule has 20 nitrogen and oxygen atoms in total. The van der Waals surface area contributed by atoms with Crippen LogP contribution in [0.3, 0.4) is 0 Å². The highest BCUT2D eigenvalue weighted by Crippen LogP contribution is 2.41. The van der Waals surface area contributed by atoms with Crippen molar-refractivity contribution in [2.75, 3.05) is 51.2 Å². The Hall–Kier alpha value is -8.55. The largest absolute Gasteiger partial charge is 0.453 e. The minimum Gasteiger partial charge on any atom is -0.453 e. The molecule has 11 rings (SSSR count). The number of imidazole rings is 2. The van der Waals surface area contributed by atoms with E-state index >= 15 is 0 Å². The Morgan fingerprint density at radius 3 is 1.68 bits per heavy atom. The molecule has 0 bridgehead atoms. The van der Waals surface area contributed by atoms with Gasteiger partial charge in [-0.25, -0.2) is 33.1 Å². The van der Waals surface area contributed by atoms with Gasteiger partial charge in [0.05, 0.1) is 73.7 Å². The summed E-state index contributed by atoms with van der Waals surface area (Å²) in [6, 6.07) is 25.1. The Labute approximate surface area is 478 Å². The maximum atomic E-state index is 15.0. The van der Waals surface area contributed by atoms with Gasteiger partial charge in [-0.05, 0) is 67.6 Å². The summed E-state index contributed by atoms with van der Waals surface area (Å²) < 4.78 is 63.1. The number of hydrogen-bond donors (Lipinski definition) is 5. The van der Waals surface area contributed by atoms with E-state index in [9.17, 15) is 23.2 Å². The summed E-state index contributed by atoms with van der Waals surface area (Å²) in [7, 11) is 7.11. The molecule has 9 aromatic rings. The van der Waals surface area contributed by atoms with Gasteiger partial charge in [0.1, 0.15) is 29.8 Å². The molecule has 5 N–H and O–H groups in total. The van der Waals surface area contributed by atoms with Crippen molar-refractivity contribution in [2.45, 2.75) is 57.5 Å². The van der Waals surface area contributed by atoms with Gasteiger partial charge in [0.25, 0.3) is 0 Å². The molecule has 0 spiro atoms. The Morgan fingerprint density at radius 2 is 1.17 bits per heavy atom. The lowest BCUT2D eigenvalue weighted by Crippen LogP contribution is -2.34. The van der Waals surface area contributed by atoms with Gasteiger partial charge in [-0.3, -0.25) is 9.97 Å². The van der Waals surface area contributed by atoms with Crippen LogP contribution >= 0.6 is 22.7 Å². The van der Waals surface area contributed by atoms with Crippen LogP contribution in [0.5, 0.6) is 23.0 Å². The average Bonchev–Trinajstić information content (AvgIpc) is 4.45. The van der Waals surface area contributed by atoms with E-state index in [2.05, 4.69) is 46.5 Å². The molecule has 0 atom stereocenters. The third-order valence-corrected chi connectivity index (χ3v) is 15.4. The summed E-state index contributed by atoms with van der Waals surface area (Å²) in [4.78, 5) is 58.5. The number of rotatable bonds is 22. The maximum absolute atomic E-state index is 15.0. The Bertz CT molecular complexity index is 3700. The second-order valence-corrected chi connectivity index (χ2v) is 21.5. The van der Waals surface area contributed by atoms with Crippen molar-refractivity contribution in [3.8, 4) is 44.4 Å². The fraction of sp³-hybridized carbons (Fsp3) is 0.293. The van der Waals surface area contributed by atoms with E-state index in [4.69, 9.17) is 23.7 Å². The fourth-order valence-electron chi connectivity index (χ4n) is 8.42. The van der Waals surface area contributed by atoms with Crippen LogP contribution in [0.4, 0.5) is 34.5 Å². The van der Waals surface area contributed by atoms with Gasteiger partial charge in [-0.2, -0.15) is 0 Å². The third-order valence-electron chi connectivity index (χ3n) is 13.2. The van der Waals surface area contributed by atoms with Crippen LogP contribution in [0.25, 0.3) is 41.8 Å². The van der Waals surface area contributed by atoms with Crippen LogP contribution in [0.2, 0.25) is 0 Å². The van der Waals surface area contributed by atoms with Gasteiger partial charge in [0.15, 0.2) is 23.1 Å². The zero-order chi connectivity index (χ0) is 57.1. The fourth-order valence-corrected chi connectivity index (χ4v) is 10.6. The molecule has 82 heavy (non-hydrogen) atoms. The van der Waals surface area contributed by atoms with E-state index in [0.29, 0.717) is 60.5 Å². The molecule has 2 aliphatic rings. The van der Waals surface area contributed by atoms with Crippen LogP contribution in [-0.2, 0) is 48.0 Å². The van der Waals surface area contributed by atoms with Crippen molar-refractivity contribution < 1.29 is 46.8 Å². The number of hydrogen-bond acceptors (Lipinski definition) is 15. The lowest BCUT2D eigenvalue weighted by molar-refractivity contribution is 0.0789. The second-order valence-electron chi connectivity index (χ2n) is 19.4. The van der Waals surface area contributed by atoms with E-state index in [1.54, 1.807) is 62.0 Å². The first-order valence-electron chi connectivity index (χ1n) is 26.4. The standard InChI is InChI=1S/C33H33FN6O5S.C25H27FN6O3S/c1-39-24(19-40(14-15-43-2)33(42)44-20-21-6-4-3-5-7-21)18-36-31(39)29-17-26-30(46-29)28(12-13-35-26)45-27-11-10-23(16-25(27)34)38-32(41)37-22-8-9-22;1-32-17(13-27-9-10-34-2)14-29-24(32)22-12-19-23(36-22)21(7-8-28-19)35-20-6-5-16(11-18(20)26)31-25(33)30-15-3-4-15/h3-7,10-13,16-18,22H,8-9,14-15,19-20H2,1-2H3,(H2,37,38,41);5-8,11-12,14-15,27H,3-4,9-10,13H2,1-2H3,(H2,30,31,33). The zero-order valence-corrected chi connectivity index (χ0v) is 47.0. The summed E-state index contributed by atoms with van der Waals surface area (Å²) >= 11 is 2.90. The van der Waals surface area contributed by atoms with E-state index in [1.807, 2.05) is 71.9 Å². The first kappa shape index (κ1) is 56.7. The van der Waals surface area contributed by atoms with Gasteiger partial charge in [0, 0.05) is 108 Å². The number of urea groups is 2. The molecule has 24 heteroatoms. The molecule has 2 saturated carbocycles. The highest BCUT2D eigenvalue weighted by Gasteiger charge is 2.26. The number of aromatic nitrogens is 6. The van der Waals surface area contributed by atoms with Crippen LogP contribution in [0, 0.1) is 11.6 Å². The molecule has 6 aromatic heterocycles. The molecule has 426 valence electrons. The summed E-state index contributed by atoms with van der Waals surface area (Å²) in [6.45, 7) is 3.21. The lowest BCUT2D eigenvalue weighted by atomic mass is 10.2. The van der Waals surface area contributed by atoms with Crippen molar-refractivity contribution in [3.05, 3.63) is 144 Å². The predicted molar refractivity (Wildman–Crippen MR) is 309 cm³/mol. The Kier molecular flexibility index (Phi) is 18.2. The van der Waals surface area contributed by atoms with E-state index in [1.165, 1.54) is 46.9 Å². The molecule has 0 saturated heterocycles. The monoisotopic (exact) mass is 1150 g/mol. The molecule has 6 heterocycles. The number of amides is 5. The number of carbonyl (C=O) groups is 3. The van der Waals surface area contributed by atoms with E-state index in [-0.39, 0.29) is 48.8 Å². The van der Waals surface area contributed by atoms with Crippen LogP contribution < -0.4 is 36.1 Å². The predicted octanol–water partition coefficient (Wildman–Crippen LogP) is 11.3. The van der Waals surface area contributed by atoms with Gasteiger partial charge < -0.3 is 64.3 Å². The van der Waals surface area contributed by atoms with Crippen molar-refractivity contribution in [1.29, 1.82) is 0 Å². The number of halogens is 2. The van der Waals surface area contributed by atoms with Gasteiger partial charge in [-0.15, -0.1) is 22.7 Å². The number of methoxy groups -OCH3 is 2. The molecule has 2 fully saturated rings. The van der Waals surface area contributed by atoms with Crippen molar-refractivity contribution in [1.82, 2.24) is 49.9 Å². The summed E-state index contributed by atoms with van der Waals surface area (Å²) in [5, 5.41) is 14.2. The minimum atomic E-state index is -0.611. The second kappa shape index (κ2) is 26.4. The number of benzene rings is 3. The van der Waals surface area contributed by atoms with Crippen LogP contribution in [0.1, 0.15) is 42.6 Å². The van der Waals surface area contributed by atoms with Crippen molar-refractivity contribution in [3.63, 3.8) is 0 Å². The van der Waals surface area contributed by atoms with Gasteiger partial charge in [0.2, 0.25) is 0 Å². The number of fused-ring (bicyclic) bond motifs is 2. The highest BCUT2D eigenvalue weighted by molar-refractivity contribution is 7.22. The molecule has 3 aromatic carbocycles. The first-order chi connectivity index (χ1) is 39.9. The average molecular weight is 1160 g/mol. The third kappa shape index (κ3) is 14.5. The first-order valence-corrected chi connectivity index (χ1v) is 28.1. The van der Waals surface area contributed by atoms with Crippen molar-refractivity contribution in [2.24, 2.45) is 14.1 Å². The Morgan fingerprint density at radius 1 is 0.646 bits per heavy atom. The summed E-state index contributed by atoms with van der Waals surface area (Å²) in [5.41, 5.74) is 4.85. The molecule has 2 aliphatic carbocycles. The number of pyridine rings is 2. The molecule has 0 radical (unpaired) electrons. The summed E-state index contributed by atoms with van der Waals surface area (Å²) in [5.74, 6) is 1.33.